The molecule has 0 amide bonds. The molecule has 0 heterocycles. The van der Waals surface area contributed by atoms with Crippen molar-refractivity contribution in [2.24, 2.45) is 0 Å². The molecule has 112 valence electrons. The van der Waals surface area contributed by atoms with Gasteiger partial charge in [-0.05, 0) is 54.8 Å². The van der Waals surface area contributed by atoms with Gasteiger partial charge in [0.25, 0.3) is 0 Å². The topological polar surface area (TPSA) is 12.0 Å². The molecule has 2 aromatic carbocycles. The van der Waals surface area contributed by atoms with E-state index in [-0.39, 0.29) is 11.9 Å². The zero-order chi connectivity index (χ0) is 15.2. The van der Waals surface area contributed by atoms with E-state index in [2.05, 4.69) is 50.2 Å². The maximum Gasteiger partial charge on any atom is 0.123 e. The van der Waals surface area contributed by atoms with Crippen LogP contribution in [0.5, 0.6) is 0 Å². The van der Waals surface area contributed by atoms with Crippen molar-refractivity contribution in [3.05, 3.63) is 68.4 Å². The molecule has 0 saturated carbocycles. The first-order chi connectivity index (χ1) is 10.1. The highest BCUT2D eigenvalue weighted by molar-refractivity contribution is 9.10. The molecule has 0 bridgehead atoms. The third-order valence-corrected chi connectivity index (χ3v) is 4.85. The summed E-state index contributed by atoms with van der Waals surface area (Å²) in [5.41, 5.74) is 2.17. The highest BCUT2D eigenvalue weighted by Gasteiger charge is 2.16. The molecular formula is C17H18Br2FN. The van der Waals surface area contributed by atoms with Crippen LogP contribution in [0, 0.1) is 5.82 Å². The Labute approximate surface area is 142 Å². The lowest BCUT2D eigenvalue weighted by Crippen LogP contribution is -2.24. The van der Waals surface area contributed by atoms with E-state index in [0.29, 0.717) is 0 Å². The van der Waals surface area contributed by atoms with Gasteiger partial charge in [0.1, 0.15) is 5.82 Å². The predicted octanol–water partition coefficient (Wildman–Crippen LogP) is 5.63. The Morgan fingerprint density at radius 1 is 1.10 bits per heavy atom. The second kappa shape index (κ2) is 8.06. The Kier molecular flexibility index (Phi) is 6.40. The summed E-state index contributed by atoms with van der Waals surface area (Å²) in [7, 11) is 0. The molecule has 2 aromatic rings. The first-order valence-electron chi connectivity index (χ1n) is 7.03. The van der Waals surface area contributed by atoms with Crippen LogP contribution >= 0.6 is 31.9 Å². The standard InChI is InChI=1S/C17H18Br2FN/c1-2-9-21-17(10-12-5-3-4-6-15(12)18)14-11-13(20)7-8-16(14)19/h3-8,11,17,21H,2,9-10H2,1H3. The van der Waals surface area contributed by atoms with E-state index in [1.807, 2.05) is 18.2 Å². The summed E-state index contributed by atoms with van der Waals surface area (Å²) in [5.74, 6) is -0.205. The van der Waals surface area contributed by atoms with Crippen LogP contribution in [-0.2, 0) is 6.42 Å². The minimum atomic E-state index is -0.205. The monoisotopic (exact) mass is 413 g/mol. The zero-order valence-corrected chi connectivity index (χ0v) is 15.0. The van der Waals surface area contributed by atoms with Gasteiger partial charge < -0.3 is 5.32 Å². The SMILES string of the molecule is CCCNC(Cc1ccccc1Br)c1cc(F)ccc1Br. The molecule has 0 aliphatic heterocycles. The van der Waals surface area contributed by atoms with Gasteiger partial charge in [-0.25, -0.2) is 4.39 Å². The molecule has 1 atom stereocenters. The van der Waals surface area contributed by atoms with Crippen molar-refractivity contribution in [1.82, 2.24) is 5.32 Å². The summed E-state index contributed by atoms with van der Waals surface area (Å²) in [6.07, 6.45) is 1.85. The first-order valence-corrected chi connectivity index (χ1v) is 8.62. The maximum absolute atomic E-state index is 13.6. The summed E-state index contributed by atoms with van der Waals surface area (Å²) in [5, 5.41) is 3.51. The minimum absolute atomic E-state index is 0.0775. The normalized spacial score (nSPS) is 12.4. The molecule has 0 fully saturated rings. The van der Waals surface area contributed by atoms with E-state index in [1.165, 1.54) is 11.6 Å². The van der Waals surface area contributed by atoms with Crippen LogP contribution in [0.25, 0.3) is 0 Å². The minimum Gasteiger partial charge on any atom is -0.310 e. The highest BCUT2D eigenvalue weighted by Crippen LogP contribution is 2.29. The van der Waals surface area contributed by atoms with Gasteiger partial charge in [-0.2, -0.15) is 0 Å². The van der Waals surface area contributed by atoms with E-state index >= 15 is 0 Å². The molecule has 4 heteroatoms. The number of hydrogen-bond acceptors (Lipinski definition) is 1. The molecular weight excluding hydrogens is 397 g/mol. The molecule has 1 nitrogen and oxygen atoms in total. The fourth-order valence-electron chi connectivity index (χ4n) is 2.28. The third-order valence-electron chi connectivity index (χ3n) is 3.36. The zero-order valence-electron chi connectivity index (χ0n) is 11.9. The van der Waals surface area contributed by atoms with Crippen LogP contribution in [0.3, 0.4) is 0 Å². The molecule has 0 aliphatic rings. The maximum atomic E-state index is 13.6. The van der Waals surface area contributed by atoms with Gasteiger partial charge in [0.05, 0.1) is 0 Å². The number of hydrogen-bond donors (Lipinski definition) is 1. The molecule has 2 rings (SSSR count). The first kappa shape index (κ1) is 16.7. The number of nitrogens with one attached hydrogen (secondary N) is 1. The molecule has 1 unspecified atom stereocenters. The molecule has 1 N–H and O–H groups in total. The molecule has 0 aromatic heterocycles. The number of benzene rings is 2. The Balaban J connectivity index is 2.30. The largest absolute Gasteiger partial charge is 0.310 e. The van der Waals surface area contributed by atoms with Gasteiger partial charge in [-0.3, -0.25) is 0 Å². The second-order valence-electron chi connectivity index (χ2n) is 4.97. The fourth-order valence-corrected chi connectivity index (χ4v) is 3.25. The molecule has 0 spiro atoms. The molecule has 0 aliphatic carbocycles. The van der Waals surface area contributed by atoms with Crippen LogP contribution in [0.2, 0.25) is 0 Å². The van der Waals surface area contributed by atoms with Gasteiger partial charge in [0, 0.05) is 15.0 Å². The van der Waals surface area contributed by atoms with Crippen molar-refractivity contribution in [2.75, 3.05) is 6.54 Å². The molecule has 0 saturated heterocycles. The lowest BCUT2D eigenvalue weighted by molar-refractivity contribution is 0.522. The van der Waals surface area contributed by atoms with Gasteiger partial charge in [0.2, 0.25) is 0 Å². The lowest BCUT2D eigenvalue weighted by atomic mass is 9.98. The predicted molar refractivity (Wildman–Crippen MR) is 93.0 cm³/mol. The van der Waals surface area contributed by atoms with Gasteiger partial charge in [-0.1, -0.05) is 57.0 Å². The van der Waals surface area contributed by atoms with Crippen LogP contribution in [0.1, 0.15) is 30.5 Å². The van der Waals surface area contributed by atoms with Crippen molar-refractivity contribution >= 4 is 31.9 Å². The van der Waals surface area contributed by atoms with Gasteiger partial charge in [-0.15, -0.1) is 0 Å². The summed E-state index contributed by atoms with van der Waals surface area (Å²) in [4.78, 5) is 0. The molecule has 0 radical (unpaired) electrons. The second-order valence-corrected chi connectivity index (χ2v) is 6.68. The average molecular weight is 415 g/mol. The summed E-state index contributed by atoms with van der Waals surface area (Å²) in [6.45, 7) is 3.03. The van der Waals surface area contributed by atoms with Gasteiger partial charge >= 0.3 is 0 Å². The quantitative estimate of drug-likeness (QED) is 0.645. The van der Waals surface area contributed by atoms with Crippen molar-refractivity contribution in [1.29, 1.82) is 0 Å². The van der Waals surface area contributed by atoms with E-state index in [1.54, 1.807) is 12.1 Å². The van der Waals surface area contributed by atoms with Crippen LogP contribution in [0.4, 0.5) is 4.39 Å². The Morgan fingerprint density at radius 2 is 1.86 bits per heavy atom. The van der Waals surface area contributed by atoms with Crippen molar-refractivity contribution in [2.45, 2.75) is 25.8 Å². The smallest absolute Gasteiger partial charge is 0.123 e. The van der Waals surface area contributed by atoms with E-state index in [9.17, 15) is 4.39 Å². The van der Waals surface area contributed by atoms with Crippen LogP contribution in [-0.4, -0.2) is 6.54 Å². The lowest BCUT2D eigenvalue weighted by Gasteiger charge is -2.21. The number of halogens is 3. The summed E-state index contributed by atoms with van der Waals surface area (Å²) >= 11 is 7.12. The Bertz CT molecular complexity index is 601. The highest BCUT2D eigenvalue weighted by atomic mass is 79.9. The van der Waals surface area contributed by atoms with E-state index < -0.39 is 0 Å². The van der Waals surface area contributed by atoms with Crippen LogP contribution in [0.15, 0.2) is 51.4 Å². The molecule has 21 heavy (non-hydrogen) atoms. The Hall–Kier alpha value is -0.710. The Morgan fingerprint density at radius 3 is 2.57 bits per heavy atom. The van der Waals surface area contributed by atoms with Crippen LogP contribution < -0.4 is 5.32 Å². The summed E-state index contributed by atoms with van der Waals surface area (Å²) < 4.78 is 15.6. The van der Waals surface area contributed by atoms with E-state index in [0.717, 1.165) is 33.9 Å². The number of rotatable bonds is 6. The fraction of sp³-hybridized carbons (Fsp3) is 0.294. The van der Waals surface area contributed by atoms with E-state index in [4.69, 9.17) is 0 Å². The van der Waals surface area contributed by atoms with Crippen molar-refractivity contribution in [3.63, 3.8) is 0 Å². The third kappa shape index (κ3) is 4.63. The van der Waals surface area contributed by atoms with Crippen molar-refractivity contribution in [3.8, 4) is 0 Å². The summed E-state index contributed by atoms with van der Waals surface area (Å²) in [6, 6.07) is 13.1. The average Bonchev–Trinajstić information content (AvgIpc) is 2.48. The van der Waals surface area contributed by atoms with Gasteiger partial charge in [0.15, 0.2) is 0 Å². The van der Waals surface area contributed by atoms with Crippen molar-refractivity contribution < 1.29 is 4.39 Å².